The number of ether oxygens (including phenoxy) is 1. The Balaban J connectivity index is 1.33. The zero-order valence-electron chi connectivity index (χ0n) is 17.4. The summed E-state index contributed by atoms with van der Waals surface area (Å²) in [6, 6.07) is 15.3. The number of β-amino-alcohol motifs (C(OH)–C–C–N with tert-alkyl or cyclic N) is 1. The van der Waals surface area contributed by atoms with Crippen LogP contribution in [-0.4, -0.2) is 40.4 Å². The minimum absolute atomic E-state index is 0.335. The van der Waals surface area contributed by atoms with Gasteiger partial charge >= 0.3 is 0 Å². The van der Waals surface area contributed by atoms with E-state index in [4.69, 9.17) is 4.74 Å². The number of hydrogen-bond acceptors (Lipinski definition) is 3. The average molecular weight is 391 g/mol. The Morgan fingerprint density at radius 1 is 1.07 bits per heavy atom. The smallest absolute Gasteiger partial charge is 0.119 e. The van der Waals surface area contributed by atoms with Crippen LogP contribution in [0.2, 0.25) is 0 Å². The quantitative estimate of drug-likeness (QED) is 0.702. The predicted octanol–water partition coefficient (Wildman–Crippen LogP) is 4.39. The van der Waals surface area contributed by atoms with Crippen molar-refractivity contribution in [3.63, 3.8) is 0 Å². The third-order valence-corrected chi connectivity index (χ3v) is 6.55. The van der Waals surface area contributed by atoms with Crippen LogP contribution in [0.3, 0.4) is 0 Å². The molecule has 0 saturated carbocycles. The van der Waals surface area contributed by atoms with Crippen molar-refractivity contribution in [3.8, 4) is 5.75 Å². The van der Waals surface area contributed by atoms with Crippen molar-refractivity contribution in [1.82, 2.24) is 9.47 Å². The molecule has 0 unspecified atom stereocenters. The number of aryl methyl sites for hydroxylation is 3. The van der Waals surface area contributed by atoms with Crippen molar-refractivity contribution in [2.75, 3.05) is 19.7 Å². The Bertz CT molecular complexity index is 1020. The number of aliphatic hydroxyl groups is 1. The Labute approximate surface area is 172 Å². The summed E-state index contributed by atoms with van der Waals surface area (Å²) < 4.78 is 8.36. The zero-order chi connectivity index (χ0) is 20.0. The first-order valence-corrected chi connectivity index (χ1v) is 10.8. The summed E-state index contributed by atoms with van der Waals surface area (Å²) in [5, 5.41) is 12.1. The van der Waals surface area contributed by atoms with Gasteiger partial charge in [-0.05, 0) is 62.9 Å². The van der Waals surface area contributed by atoms with Gasteiger partial charge in [-0.15, -0.1) is 0 Å². The molecule has 2 aliphatic rings. The summed E-state index contributed by atoms with van der Waals surface area (Å²) in [6.07, 6.45) is 3.08. The van der Waals surface area contributed by atoms with E-state index < -0.39 is 6.10 Å². The van der Waals surface area contributed by atoms with Crippen molar-refractivity contribution in [2.24, 2.45) is 0 Å². The lowest BCUT2D eigenvalue weighted by Gasteiger charge is -2.40. The fraction of sp³-hybridized carbons (Fsp3) is 0.440. The molecule has 2 atom stereocenters. The first kappa shape index (κ1) is 18.7. The van der Waals surface area contributed by atoms with E-state index in [1.54, 1.807) is 0 Å². The molecule has 1 aliphatic heterocycles. The Morgan fingerprint density at radius 2 is 1.86 bits per heavy atom. The molecule has 3 aromatic rings. The summed E-state index contributed by atoms with van der Waals surface area (Å²) in [7, 11) is 0. The summed E-state index contributed by atoms with van der Waals surface area (Å²) in [5.41, 5.74) is 6.96. The van der Waals surface area contributed by atoms with E-state index in [9.17, 15) is 5.11 Å². The zero-order valence-corrected chi connectivity index (χ0v) is 17.4. The van der Waals surface area contributed by atoms with Crippen LogP contribution in [0, 0.1) is 13.8 Å². The molecule has 152 valence electrons. The second-order valence-electron chi connectivity index (χ2n) is 8.72. The largest absolute Gasteiger partial charge is 0.491 e. The molecule has 1 N–H and O–H groups in total. The lowest BCUT2D eigenvalue weighted by molar-refractivity contribution is 0.0375. The first-order chi connectivity index (χ1) is 14.1. The van der Waals surface area contributed by atoms with E-state index in [-0.39, 0.29) is 0 Å². The van der Waals surface area contributed by atoms with Gasteiger partial charge in [0.1, 0.15) is 18.5 Å². The van der Waals surface area contributed by atoms with E-state index in [1.807, 2.05) is 24.3 Å². The lowest BCUT2D eigenvalue weighted by atomic mass is 9.89. The lowest BCUT2D eigenvalue weighted by Crippen LogP contribution is -2.44. The topological polar surface area (TPSA) is 37.6 Å². The molecule has 0 radical (unpaired) electrons. The highest BCUT2D eigenvalue weighted by atomic mass is 16.5. The van der Waals surface area contributed by atoms with Crippen LogP contribution >= 0.6 is 0 Å². The molecule has 2 aromatic carbocycles. The van der Waals surface area contributed by atoms with Crippen LogP contribution in [0.5, 0.6) is 5.75 Å². The van der Waals surface area contributed by atoms with Gasteiger partial charge in [0.2, 0.25) is 0 Å². The highest BCUT2D eigenvalue weighted by Crippen LogP contribution is 2.42. The van der Waals surface area contributed by atoms with Crippen LogP contribution in [0.1, 0.15) is 41.3 Å². The van der Waals surface area contributed by atoms with Gasteiger partial charge in [-0.3, -0.25) is 4.90 Å². The maximum absolute atomic E-state index is 10.7. The van der Waals surface area contributed by atoms with Crippen molar-refractivity contribution in [1.29, 1.82) is 0 Å². The normalized spacial score (nSPS) is 19.9. The molecule has 0 amide bonds. The Kier molecular flexibility index (Phi) is 4.84. The Hall–Kier alpha value is -2.30. The molecule has 1 aliphatic carbocycles. The van der Waals surface area contributed by atoms with Crippen LogP contribution in [0.15, 0.2) is 42.5 Å². The highest BCUT2D eigenvalue weighted by molar-refractivity contribution is 5.87. The van der Waals surface area contributed by atoms with Crippen molar-refractivity contribution in [3.05, 3.63) is 64.8 Å². The molecule has 5 rings (SSSR count). The summed E-state index contributed by atoms with van der Waals surface area (Å²) in [4.78, 5) is 2.48. The van der Waals surface area contributed by atoms with Gasteiger partial charge in [-0.1, -0.05) is 29.3 Å². The van der Waals surface area contributed by atoms with Gasteiger partial charge < -0.3 is 14.4 Å². The van der Waals surface area contributed by atoms with Gasteiger partial charge in [0.05, 0.1) is 6.04 Å². The molecule has 4 nitrogen and oxygen atoms in total. The molecule has 2 heterocycles. The molecule has 0 bridgehead atoms. The second kappa shape index (κ2) is 7.51. The fourth-order valence-corrected chi connectivity index (χ4v) is 5.16. The van der Waals surface area contributed by atoms with Gasteiger partial charge in [0.25, 0.3) is 0 Å². The third kappa shape index (κ3) is 3.45. The van der Waals surface area contributed by atoms with Crippen LogP contribution in [-0.2, 0) is 13.0 Å². The standard InChI is InChI=1S/C25H30N2O2/c1-17-6-9-20(10-7-17)29-16-19(28)15-26-12-13-27-23-11-8-18(2)14-22(23)21-4-3-5-24(26)25(21)27/h6-11,14,19,24,28H,3-5,12-13,15-16H2,1-2H3/t19-,24+/m0/s1. The summed E-state index contributed by atoms with van der Waals surface area (Å²) >= 11 is 0. The number of aromatic nitrogens is 1. The SMILES string of the molecule is Cc1ccc(OC[C@@H](O)CN2CCn3c4c(c5cc(C)ccc53)CCC[C@H]42)cc1. The number of nitrogens with zero attached hydrogens (tertiary/aromatic N) is 2. The van der Waals surface area contributed by atoms with Crippen molar-refractivity contribution >= 4 is 10.9 Å². The van der Waals surface area contributed by atoms with E-state index in [2.05, 4.69) is 41.5 Å². The number of hydrogen-bond donors (Lipinski definition) is 1. The fourth-order valence-electron chi connectivity index (χ4n) is 5.16. The van der Waals surface area contributed by atoms with Gasteiger partial charge in [0.15, 0.2) is 0 Å². The first-order valence-electron chi connectivity index (χ1n) is 10.8. The van der Waals surface area contributed by atoms with Crippen LogP contribution in [0.4, 0.5) is 0 Å². The average Bonchev–Trinajstić information content (AvgIpc) is 3.04. The van der Waals surface area contributed by atoms with Crippen LogP contribution in [0.25, 0.3) is 10.9 Å². The molecular formula is C25H30N2O2. The van der Waals surface area contributed by atoms with Crippen LogP contribution < -0.4 is 4.74 Å². The molecule has 0 saturated heterocycles. The number of aliphatic hydroxyl groups excluding tert-OH is 1. The summed E-state index contributed by atoms with van der Waals surface area (Å²) in [6.45, 7) is 7.22. The molecule has 29 heavy (non-hydrogen) atoms. The summed E-state index contributed by atoms with van der Waals surface area (Å²) in [5.74, 6) is 0.823. The van der Waals surface area contributed by atoms with E-state index in [0.717, 1.165) is 18.8 Å². The Morgan fingerprint density at radius 3 is 2.69 bits per heavy atom. The third-order valence-electron chi connectivity index (χ3n) is 6.55. The number of rotatable bonds is 5. The number of benzene rings is 2. The van der Waals surface area contributed by atoms with Gasteiger partial charge in [-0.2, -0.15) is 0 Å². The van der Waals surface area contributed by atoms with Crippen molar-refractivity contribution in [2.45, 2.75) is 51.8 Å². The minimum atomic E-state index is -0.486. The van der Waals surface area contributed by atoms with Gasteiger partial charge in [0, 0.05) is 36.2 Å². The van der Waals surface area contributed by atoms with E-state index in [1.165, 1.54) is 52.5 Å². The van der Waals surface area contributed by atoms with E-state index >= 15 is 0 Å². The number of fused-ring (bicyclic) bond motifs is 3. The molecule has 1 aromatic heterocycles. The maximum Gasteiger partial charge on any atom is 0.119 e. The molecule has 0 spiro atoms. The monoisotopic (exact) mass is 390 g/mol. The van der Waals surface area contributed by atoms with E-state index in [0.29, 0.717) is 19.2 Å². The molecule has 0 fully saturated rings. The van der Waals surface area contributed by atoms with Crippen molar-refractivity contribution < 1.29 is 9.84 Å². The molecular weight excluding hydrogens is 360 g/mol. The maximum atomic E-state index is 10.7. The second-order valence-corrected chi connectivity index (χ2v) is 8.72. The highest BCUT2D eigenvalue weighted by Gasteiger charge is 2.35. The minimum Gasteiger partial charge on any atom is -0.491 e. The predicted molar refractivity (Wildman–Crippen MR) is 117 cm³/mol. The molecule has 4 heteroatoms. The van der Waals surface area contributed by atoms with Gasteiger partial charge in [-0.25, -0.2) is 0 Å².